The molecule has 0 N–H and O–H groups in total. The Morgan fingerprint density at radius 1 is 0.905 bits per heavy atom. The smallest absolute Gasteiger partial charge is 0.236 e. The van der Waals surface area contributed by atoms with Crippen LogP contribution in [0.4, 0.5) is 0 Å². The van der Waals surface area contributed by atoms with Crippen LogP contribution in [0.3, 0.4) is 0 Å². The highest BCUT2D eigenvalue weighted by molar-refractivity contribution is 6.00. The van der Waals surface area contributed by atoms with Crippen LogP contribution in [0.25, 0.3) is 22.2 Å². The number of nitrogens with zero attached hydrogens (tertiary/aromatic N) is 1. The minimum absolute atomic E-state index is 0.113. The molecule has 0 bridgehead atoms. The molecular formula is C19H19NO. The summed E-state index contributed by atoms with van der Waals surface area (Å²) in [6.45, 7) is 5.87. The number of fused-ring (bicyclic) bond motifs is 1. The lowest BCUT2D eigenvalue weighted by Gasteiger charge is -2.20. The molecular weight excluding hydrogens is 258 g/mol. The Balaban J connectivity index is 2.32. The molecule has 0 atom stereocenters. The van der Waals surface area contributed by atoms with Gasteiger partial charge < -0.3 is 0 Å². The van der Waals surface area contributed by atoms with Gasteiger partial charge in [-0.05, 0) is 17.7 Å². The van der Waals surface area contributed by atoms with Crippen molar-refractivity contribution in [2.45, 2.75) is 20.8 Å². The first kappa shape index (κ1) is 13.6. The van der Waals surface area contributed by atoms with E-state index in [1.165, 1.54) is 0 Å². The summed E-state index contributed by atoms with van der Waals surface area (Å²) in [5.74, 6) is 0.113. The fourth-order valence-corrected chi connectivity index (χ4v) is 2.53. The number of para-hydroxylation sites is 1. The highest BCUT2D eigenvalue weighted by atomic mass is 16.2. The van der Waals surface area contributed by atoms with E-state index in [4.69, 9.17) is 0 Å². The Bertz CT molecular complexity index is 791. The van der Waals surface area contributed by atoms with Crippen molar-refractivity contribution in [3.8, 4) is 11.3 Å². The number of hydrogen-bond donors (Lipinski definition) is 0. The maximum Gasteiger partial charge on any atom is 0.236 e. The third-order valence-electron chi connectivity index (χ3n) is 3.63. The molecule has 106 valence electrons. The van der Waals surface area contributed by atoms with E-state index in [0.29, 0.717) is 0 Å². The third kappa shape index (κ3) is 2.38. The zero-order valence-corrected chi connectivity index (χ0v) is 12.6. The van der Waals surface area contributed by atoms with Crippen molar-refractivity contribution in [3.63, 3.8) is 0 Å². The van der Waals surface area contributed by atoms with Gasteiger partial charge in [0.05, 0.1) is 11.2 Å². The van der Waals surface area contributed by atoms with Crippen molar-refractivity contribution >= 4 is 16.8 Å². The second kappa shape index (κ2) is 4.88. The Kier molecular flexibility index (Phi) is 3.17. The zero-order valence-electron chi connectivity index (χ0n) is 12.6. The molecule has 3 aromatic rings. The summed E-state index contributed by atoms with van der Waals surface area (Å²) < 4.78 is 1.85. The molecule has 1 aromatic heterocycles. The number of carbonyl (C=O) groups is 1. The lowest BCUT2D eigenvalue weighted by Crippen LogP contribution is -2.27. The minimum Gasteiger partial charge on any atom is -0.279 e. The van der Waals surface area contributed by atoms with E-state index in [2.05, 4.69) is 6.07 Å². The Hall–Kier alpha value is -2.35. The molecule has 0 spiro atoms. The van der Waals surface area contributed by atoms with Gasteiger partial charge in [0.1, 0.15) is 0 Å². The molecule has 0 aliphatic rings. The van der Waals surface area contributed by atoms with E-state index in [0.717, 1.165) is 22.2 Å². The monoisotopic (exact) mass is 277 g/mol. The SMILES string of the molecule is CC(C)(C)C(=O)n1c(-c2ccccc2)cc2ccccc21. The van der Waals surface area contributed by atoms with Crippen molar-refractivity contribution < 1.29 is 4.79 Å². The summed E-state index contributed by atoms with van der Waals surface area (Å²) in [5.41, 5.74) is 2.56. The number of rotatable bonds is 1. The summed E-state index contributed by atoms with van der Waals surface area (Å²) in [6, 6.07) is 20.2. The van der Waals surface area contributed by atoms with Gasteiger partial charge in [-0.3, -0.25) is 9.36 Å². The predicted molar refractivity (Wildman–Crippen MR) is 87.5 cm³/mol. The van der Waals surface area contributed by atoms with Crippen LogP contribution >= 0.6 is 0 Å². The van der Waals surface area contributed by atoms with Gasteiger partial charge in [-0.1, -0.05) is 69.3 Å². The summed E-state index contributed by atoms with van der Waals surface area (Å²) in [4.78, 5) is 12.9. The lowest BCUT2D eigenvalue weighted by molar-refractivity contribution is 0.0775. The van der Waals surface area contributed by atoms with E-state index in [-0.39, 0.29) is 5.91 Å². The van der Waals surface area contributed by atoms with Crippen LogP contribution in [-0.4, -0.2) is 10.5 Å². The molecule has 2 nitrogen and oxygen atoms in total. The highest BCUT2D eigenvalue weighted by Gasteiger charge is 2.26. The molecule has 0 aliphatic heterocycles. The number of carbonyl (C=O) groups excluding carboxylic acids is 1. The van der Waals surface area contributed by atoms with Gasteiger partial charge in [-0.15, -0.1) is 0 Å². The molecule has 21 heavy (non-hydrogen) atoms. The van der Waals surface area contributed by atoms with E-state index >= 15 is 0 Å². The van der Waals surface area contributed by atoms with Gasteiger partial charge >= 0.3 is 0 Å². The average Bonchev–Trinajstić information content (AvgIpc) is 2.85. The first-order chi connectivity index (χ1) is 9.98. The number of hydrogen-bond acceptors (Lipinski definition) is 1. The summed E-state index contributed by atoms with van der Waals surface area (Å²) >= 11 is 0. The maximum atomic E-state index is 12.9. The van der Waals surface area contributed by atoms with E-state index in [9.17, 15) is 4.79 Å². The fraction of sp³-hybridized carbons (Fsp3) is 0.211. The highest BCUT2D eigenvalue weighted by Crippen LogP contribution is 2.31. The second-order valence-electron chi connectivity index (χ2n) is 6.34. The average molecular weight is 277 g/mol. The van der Waals surface area contributed by atoms with E-state index < -0.39 is 5.41 Å². The number of benzene rings is 2. The fourth-order valence-electron chi connectivity index (χ4n) is 2.53. The van der Waals surface area contributed by atoms with E-state index in [1.807, 2.05) is 79.9 Å². The van der Waals surface area contributed by atoms with Crippen LogP contribution in [0, 0.1) is 5.41 Å². The minimum atomic E-state index is -0.425. The molecule has 0 unspecified atom stereocenters. The Labute approximate surface area is 125 Å². The van der Waals surface area contributed by atoms with Crippen LogP contribution < -0.4 is 0 Å². The summed E-state index contributed by atoms with van der Waals surface area (Å²) in [6.07, 6.45) is 0. The molecule has 0 aliphatic carbocycles. The van der Waals surface area contributed by atoms with Crippen LogP contribution in [0.2, 0.25) is 0 Å². The summed E-state index contributed by atoms with van der Waals surface area (Å²) in [5, 5.41) is 1.09. The van der Waals surface area contributed by atoms with Crippen molar-refractivity contribution in [2.24, 2.45) is 5.41 Å². The molecule has 0 saturated carbocycles. The maximum absolute atomic E-state index is 12.9. The molecule has 0 fully saturated rings. The summed E-state index contributed by atoms with van der Waals surface area (Å²) in [7, 11) is 0. The van der Waals surface area contributed by atoms with Crippen molar-refractivity contribution in [3.05, 3.63) is 60.7 Å². The molecule has 1 heterocycles. The van der Waals surface area contributed by atoms with Gasteiger partial charge in [-0.25, -0.2) is 0 Å². The van der Waals surface area contributed by atoms with Crippen molar-refractivity contribution in [1.29, 1.82) is 0 Å². The topological polar surface area (TPSA) is 22.0 Å². The standard InChI is InChI=1S/C19H19NO/c1-19(2,3)18(21)20-16-12-8-7-11-15(16)13-17(20)14-9-5-4-6-10-14/h4-13H,1-3H3. The first-order valence-corrected chi connectivity index (χ1v) is 7.19. The van der Waals surface area contributed by atoms with Crippen LogP contribution in [-0.2, 0) is 0 Å². The van der Waals surface area contributed by atoms with Gasteiger partial charge in [0.15, 0.2) is 0 Å². The quantitative estimate of drug-likeness (QED) is 0.614. The van der Waals surface area contributed by atoms with Crippen molar-refractivity contribution in [1.82, 2.24) is 4.57 Å². The molecule has 0 amide bonds. The van der Waals surface area contributed by atoms with Gasteiger partial charge in [0.25, 0.3) is 0 Å². The molecule has 3 rings (SSSR count). The molecule has 2 heteroatoms. The Morgan fingerprint density at radius 3 is 2.19 bits per heavy atom. The van der Waals surface area contributed by atoms with Gasteiger partial charge in [-0.2, -0.15) is 0 Å². The normalized spacial score (nSPS) is 11.8. The van der Waals surface area contributed by atoms with Crippen LogP contribution in [0.1, 0.15) is 25.6 Å². The largest absolute Gasteiger partial charge is 0.279 e. The van der Waals surface area contributed by atoms with Gasteiger partial charge in [0, 0.05) is 10.8 Å². The van der Waals surface area contributed by atoms with Crippen LogP contribution in [0.5, 0.6) is 0 Å². The van der Waals surface area contributed by atoms with Crippen LogP contribution in [0.15, 0.2) is 60.7 Å². The Morgan fingerprint density at radius 2 is 1.52 bits per heavy atom. The van der Waals surface area contributed by atoms with Crippen molar-refractivity contribution in [2.75, 3.05) is 0 Å². The molecule has 2 aromatic carbocycles. The zero-order chi connectivity index (χ0) is 15.0. The second-order valence-corrected chi connectivity index (χ2v) is 6.34. The molecule has 0 radical (unpaired) electrons. The third-order valence-corrected chi connectivity index (χ3v) is 3.63. The molecule has 0 saturated heterocycles. The predicted octanol–water partition coefficient (Wildman–Crippen LogP) is 4.99. The van der Waals surface area contributed by atoms with Gasteiger partial charge in [0.2, 0.25) is 5.91 Å². The first-order valence-electron chi connectivity index (χ1n) is 7.19. The number of aromatic nitrogens is 1. The lowest BCUT2D eigenvalue weighted by atomic mass is 9.95. The van der Waals surface area contributed by atoms with E-state index in [1.54, 1.807) is 0 Å².